The lowest BCUT2D eigenvalue weighted by molar-refractivity contribution is -0.123. The van der Waals surface area contributed by atoms with Crippen molar-refractivity contribution < 1.29 is 23.8 Å². The van der Waals surface area contributed by atoms with Gasteiger partial charge < -0.3 is 14.2 Å². The number of hydrogen-bond acceptors (Lipinski definition) is 5. The third-order valence-corrected chi connectivity index (χ3v) is 3.53. The highest BCUT2D eigenvalue weighted by Gasteiger charge is 2.13. The Balaban J connectivity index is 1.80. The molecule has 0 unspecified atom stereocenters. The molecular formula is C20H24N2O5. The largest absolute Gasteiger partial charge is 0.490 e. The van der Waals surface area contributed by atoms with Crippen molar-refractivity contribution in [1.29, 1.82) is 0 Å². The van der Waals surface area contributed by atoms with E-state index in [9.17, 15) is 9.59 Å². The quantitative estimate of drug-likeness (QED) is 0.521. The van der Waals surface area contributed by atoms with Gasteiger partial charge in [0.1, 0.15) is 18.1 Å². The topological polar surface area (TPSA) is 85.9 Å². The van der Waals surface area contributed by atoms with Crippen LogP contribution >= 0.6 is 0 Å². The minimum atomic E-state index is -0.481. The normalized spacial score (nSPS) is 10.1. The highest BCUT2D eigenvalue weighted by molar-refractivity contribution is 5.97. The van der Waals surface area contributed by atoms with Crippen molar-refractivity contribution in [3.05, 3.63) is 59.7 Å². The summed E-state index contributed by atoms with van der Waals surface area (Å²) < 4.78 is 16.1. The first-order chi connectivity index (χ1) is 13.1. The van der Waals surface area contributed by atoms with Crippen LogP contribution in [0.4, 0.5) is 0 Å². The number of hydrogen-bond donors (Lipinski definition) is 2. The van der Waals surface area contributed by atoms with Crippen LogP contribution in [0.15, 0.2) is 48.5 Å². The van der Waals surface area contributed by atoms with Gasteiger partial charge in [-0.2, -0.15) is 0 Å². The first-order valence-electron chi connectivity index (χ1n) is 8.68. The van der Waals surface area contributed by atoms with E-state index < -0.39 is 11.8 Å². The number of carbonyl (C=O) groups is 2. The molecule has 0 aliphatic carbocycles. The van der Waals surface area contributed by atoms with E-state index in [-0.39, 0.29) is 6.61 Å². The van der Waals surface area contributed by atoms with Crippen molar-refractivity contribution in [3.8, 4) is 11.5 Å². The third kappa shape index (κ3) is 6.99. The van der Waals surface area contributed by atoms with E-state index in [1.165, 1.54) is 0 Å². The van der Waals surface area contributed by atoms with Crippen LogP contribution in [0.5, 0.6) is 11.5 Å². The summed E-state index contributed by atoms with van der Waals surface area (Å²) >= 11 is 0. The first kappa shape index (κ1) is 20.3. The summed E-state index contributed by atoms with van der Waals surface area (Å²) in [7, 11) is 0. The van der Waals surface area contributed by atoms with Crippen LogP contribution in [0, 0.1) is 6.92 Å². The summed E-state index contributed by atoms with van der Waals surface area (Å²) in [6.45, 7) is 5.00. The van der Waals surface area contributed by atoms with E-state index in [4.69, 9.17) is 14.2 Å². The van der Waals surface area contributed by atoms with Gasteiger partial charge in [0.05, 0.1) is 12.2 Å². The number of carbonyl (C=O) groups excluding carboxylic acids is 2. The molecule has 144 valence electrons. The minimum absolute atomic E-state index is 0.212. The fourth-order valence-electron chi connectivity index (χ4n) is 2.15. The fourth-order valence-corrected chi connectivity index (χ4v) is 2.15. The number of rotatable bonds is 9. The van der Waals surface area contributed by atoms with Crippen LogP contribution in [0.1, 0.15) is 22.8 Å². The zero-order valence-corrected chi connectivity index (χ0v) is 15.5. The molecule has 7 heteroatoms. The number of hydrazine groups is 1. The predicted molar refractivity (Wildman–Crippen MR) is 101 cm³/mol. The summed E-state index contributed by atoms with van der Waals surface area (Å²) in [4.78, 5) is 24.1. The monoisotopic (exact) mass is 372 g/mol. The molecule has 0 atom stereocenters. The van der Waals surface area contributed by atoms with Gasteiger partial charge in [0.2, 0.25) is 0 Å². The Morgan fingerprint density at radius 1 is 0.926 bits per heavy atom. The Bertz CT molecular complexity index is 746. The average molecular weight is 372 g/mol. The lowest BCUT2D eigenvalue weighted by Gasteiger charge is -2.12. The Kier molecular flexibility index (Phi) is 8.12. The molecule has 2 N–H and O–H groups in total. The lowest BCUT2D eigenvalue weighted by atomic mass is 10.2. The molecule has 0 aliphatic rings. The van der Waals surface area contributed by atoms with Crippen molar-refractivity contribution in [3.63, 3.8) is 0 Å². The minimum Gasteiger partial charge on any atom is -0.490 e. The van der Waals surface area contributed by atoms with Gasteiger partial charge in [-0.15, -0.1) is 0 Å². The molecule has 2 aromatic carbocycles. The van der Waals surface area contributed by atoms with Crippen molar-refractivity contribution in [2.24, 2.45) is 0 Å². The summed E-state index contributed by atoms with van der Waals surface area (Å²) in [6.07, 6.45) is 0. The molecule has 0 bridgehead atoms. The van der Waals surface area contributed by atoms with Crippen LogP contribution in [-0.4, -0.2) is 38.2 Å². The molecule has 7 nitrogen and oxygen atoms in total. The molecular weight excluding hydrogens is 348 g/mol. The van der Waals surface area contributed by atoms with Crippen molar-refractivity contribution >= 4 is 11.8 Å². The Morgan fingerprint density at radius 2 is 1.67 bits per heavy atom. The van der Waals surface area contributed by atoms with Gasteiger partial charge in [-0.3, -0.25) is 20.4 Å². The number of nitrogens with one attached hydrogen (secondary N) is 2. The van der Waals surface area contributed by atoms with Crippen LogP contribution in [0.2, 0.25) is 0 Å². The molecule has 2 amide bonds. The van der Waals surface area contributed by atoms with Crippen molar-refractivity contribution in [2.75, 3.05) is 26.4 Å². The second-order valence-corrected chi connectivity index (χ2v) is 5.65. The molecule has 0 radical (unpaired) electrons. The zero-order chi connectivity index (χ0) is 19.5. The Hall–Kier alpha value is -3.06. The highest BCUT2D eigenvalue weighted by atomic mass is 16.5. The number of benzene rings is 2. The van der Waals surface area contributed by atoms with Crippen LogP contribution in [-0.2, 0) is 9.53 Å². The summed E-state index contributed by atoms with van der Waals surface area (Å²) in [5.74, 6) is 0.0411. The van der Waals surface area contributed by atoms with Gasteiger partial charge in [0.25, 0.3) is 11.8 Å². The van der Waals surface area contributed by atoms with Gasteiger partial charge in [0.15, 0.2) is 6.61 Å². The number of para-hydroxylation sites is 1. The number of ether oxygens (including phenoxy) is 3. The maximum absolute atomic E-state index is 12.3. The van der Waals surface area contributed by atoms with E-state index in [0.717, 1.165) is 5.56 Å². The standard InChI is InChI=1S/C20H24N2O5/c1-3-25-12-13-26-18-7-5-4-6-17(18)20(24)22-21-19(23)14-27-16-10-8-15(2)9-11-16/h4-11H,3,12-14H2,1-2H3,(H,21,23)(H,22,24). The predicted octanol–water partition coefficient (Wildman–Crippen LogP) is 2.25. The molecule has 0 spiro atoms. The van der Waals surface area contributed by atoms with E-state index >= 15 is 0 Å². The smallest absolute Gasteiger partial charge is 0.276 e. The van der Waals surface area contributed by atoms with Gasteiger partial charge in [-0.25, -0.2) is 0 Å². The third-order valence-electron chi connectivity index (χ3n) is 3.53. The maximum Gasteiger partial charge on any atom is 0.276 e. The average Bonchev–Trinajstić information content (AvgIpc) is 2.69. The summed E-state index contributed by atoms with van der Waals surface area (Å²) in [5, 5.41) is 0. The lowest BCUT2D eigenvalue weighted by Crippen LogP contribution is -2.43. The molecule has 2 rings (SSSR count). The summed E-state index contributed by atoms with van der Waals surface area (Å²) in [5.41, 5.74) is 6.09. The second-order valence-electron chi connectivity index (χ2n) is 5.65. The van der Waals surface area contributed by atoms with Gasteiger partial charge in [-0.1, -0.05) is 29.8 Å². The summed E-state index contributed by atoms with van der Waals surface area (Å²) in [6, 6.07) is 14.1. The number of amides is 2. The Morgan fingerprint density at radius 3 is 2.41 bits per heavy atom. The molecule has 2 aromatic rings. The molecule has 0 aliphatic heterocycles. The first-order valence-corrected chi connectivity index (χ1v) is 8.68. The highest BCUT2D eigenvalue weighted by Crippen LogP contribution is 2.17. The van der Waals surface area contributed by atoms with E-state index in [1.807, 2.05) is 26.0 Å². The van der Waals surface area contributed by atoms with Gasteiger partial charge in [-0.05, 0) is 38.1 Å². The molecule has 0 saturated heterocycles. The van der Waals surface area contributed by atoms with Gasteiger partial charge in [0, 0.05) is 6.61 Å². The van der Waals surface area contributed by atoms with E-state index in [1.54, 1.807) is 36.4 Å². The van der Waals surface area contributed by atoms with Crippen LogP contribution in [0.25, 0.3) is 0 Å². The zero-order valence-electron chi connectivity index (χ0n) is 15.5. The molecule has 0 saturated carbocycles. The van der Waals surface area contributed by atoms with Crippen molar-refractivity contribution in [2.45, 2.75) is 13.8 Å². The van der Waals surface area contributed by atoms with Gasteiger partial charge >= 0.3 is 0 Å². The van der Waals surface area contributed by atoms with Crippen LogP contribution in [0.3, 0.4) is 0 Å². The number of aryl methyl sites for hydroxylation is 1. The van der Waals surface area contributed by atoms with E-state index in [2.05, 4.69) is 10.9 Å². The molecule has 0 aromatic heterocycles. The van der Waals surface area contributed by atoms with Crippen LogP contribution < -0.4 is 20.3 Å². The van der Waals surface area contributed by atoms with Crippen molar-refractivity contribution in [1.82, 2.24) is 10.9 Å². The SMILES string of the molecule is CCOCCOc1ccccc1C(=O)NNC(=O)COc1ccc(C)cc1. The fraction of sp³-hybridized carbons (Fsp3) is 0.300. The Labute approximate surface area is 158 Å². The molecule has 0 heterocycles. The maximum atomic E-state index is 12.3. The second kappa shape index (κ2) is 10.8. The molecule has 27 heavy (non-hydrogen) atoms. The molecule has 0 fully saturated rings. The van der Waals surface area contributed by atoms with E-state index in [0.29, 0.717) is 36.9 Å².